The number of anilines is 1. The Kier molecular flexibility index (Phi) is 8.00. The number of rotatable bonds is 9. The number of amides is 1. The minimum Gasteiger partial charge on any atom is -0.352 e. The number of thioether (sulfide) groups is 1. The zero-order valence-corrected chi connectivity index (χ0v) is 12.1. The fourth-order valence-electron chi connectivity index (χ4n) is 1.68. The predicted molar refractivity (Wildman–Crippen MR) is 81.2 cm³/mol. The van der Waals surface area contributed by atoms with E-state index in [-0.39, 0.29) is 5.91 Å². The van der Waals surface area contributed by atoms with Crippen LogP contribution in [0.1, 0.15) is 36.0 Å². The van der Waals surface area contributed by atoms with Gasteiger partial charge in [0.2, 0.25) is 0 Å². The number of carbonyl (C=O) groups excluding carboxylic acids is 1. The van der Waals surface area contributed by atoms with E-state index in [1.807, 2.05) is 11.8 Å². The Hall–Kier alpha value is -1.27. The van der Waals surface area contributed by atoms with Crippen LogP contribution in [0.5, 0.6) is 0 Å². The number of hydrazine groups is 1. The second-order valence-electron chi connectivity index (χ2n) is 4.24. The van der Waals surface area contributed by atoms with Crippen LogP contribution >= 0.6 is 11.8 Å². The van der Waals surface area contributed by atoms with E-state index in [1.165, 1.54) is 18.6 Å². The Labute approximate surface area is 118 Å². The highest BCUT2D eigenvalue weighted by Gasteiger charge is 2.05. The van der Waals surface area contributed by atoms with Crippen molar-refractivity contribution in [2.75, 3.05) is 24.0 Å². The number of nitrogens with zero attached hydrogens (tertiary/aromatic N) is 1. The summed E-state index contributed by atoms with van der Waals surface area (Å²) >= 11 is 1.88. The highest BCUT2D eigenvalue weighted by atomic mass is 32.2. The number of unbranched alkanes of at least 4 members (excludes halogenated alkanes) is 3. The van der Waals surface area contributed by atoms with Crippen LogP contribution in [0.3, 0.4) is 0 Å². The Morgan fingerprint density at radius 2 is 2.16 bits per heavy atom. The molecule has 0 atom stereocenters. The van der Waals surface area contributed by atoms with Crippen LogP contribution in [0.4, 0.5) is 5.82 Å². The van der Waals surface area contributed by atoms with E-state index >= 15 is 0 Å². The molecule has 0 fully saturated rings. The van der Waals surface area contributed by atoms with E-state index in [0.717, 1.165) is 12.8 Å². The summed E-state index contributed by atoms with van der Waals surface area (Å²) in [4.78, 5) is 15.8. The van der Waals surface area contributed by atoms with Gasteiger partial charge in [0.05, 0.1) is 0 Å². The van der Waals surface area contributed by atoms with Gasteiger partial charge in [-0.25, -0.2) is 10.8 Å². The van der Waals surface area contributed by atoms with Gasteiger partial charge < -0.3 is 10.7 Å². The molecule has 6 heteroatoms. The van der Waals surface area contributed by atoms with Gasteiger partial charge in [-0.05, 0) is 37.0 Å². The number of hydrogen-bond acceptors (Lipinski definition) is 5. The molecular weight excluding hydrogens is 260 g/mol. The summed E-state index contributed by atoms with van der Waals surface area (Å²) in [5.74, 6) is 6.88. The maximum atomic E-state index is 11.8. The first-order valence-corrected chi connectivity index (χ1v) is 7.87. The molecule has 1 aromatic heterocycles. The highest BCUT2D eigenvalue weighted by Crippen LogP contribution is 2.06. The molecule has 19 heavy (non-hydrogen) atoms. The van der Waals surface area contributed by atoms with E-state index in [0.29, 0.717) is 17.9 Å². The topological polar surface area (TPSA) is 80.0 Å². The number of aromatic nitrogens is 1. The lowest BCUT2D eigenvalue weighted by molar-refractivity contribution is 0.0953. The van der Waals surface area contributed by atoms with Crippen molar-refractivity contribution in [3.8, 4) is 0 Å². The van der Waals surface area contributed by atoms with E-state index in [2.05, 4.69) is 22.0 Å². The molecule has 0 radical (unpaired) electrons. The van der Waals surface area contributed by atoms with Gasteiger partial charge in [0.25, 0.3) is 5.91 Å². The second-order valence-corrected chi connectivity index (χ2v) is 5.22. The van der Waals surface area contributed by atoms with Crippen molar-refractivity contribution in [3.63, 3.8) is 0 Å². The molecule has 0 aliphatic carbocycles. The molecule has 106 valence electrons. The molecule has 1 rings (SSSR count). The Balaban J connectivity index is 2.20. The van der Waals surface area contributed by atoms with Gasteiger partial charge in [-0.1, -0.05) is 12.8 Å². The molecule has 0 aromatic carbocycles. The summed E-state index contributed by atoms with van der Waals surface area (Å²) in [6, 6.07) is 3.31. The lowest BCUT2D eigenvalue weighted by atomic mass is 10.2. The Morgan fingerprint density at radius 3 is 2.89 bits per heavy atom. The summed E-state index contributed by atoms with van der Waals surface area (Å²) < 4.78 is 0. The van der Waals surface area contributed by atoms with Gasteiger partial charge in [-0.2, -0.15) is 11.8 Å². The molecular formula is C13H22N4OS. The summed E-state index contributed by atoms with van der Waals surface area (Å²) in [6.07, 6.45) is 8.35. The summed E-state index contributed by atoms with van der Waals surface area (Å²) in [5.41, 5.74) is 3.00. The van der Waals surface area contributed by atoms with Crippen LogP contribution in [0.15, 0.2) is 18.3 Å². The molecule has 4 N–H and O–H groups in total. The van der Waals surface area contributed by atoms with Gasteiger partial charge in [-0.3, -0.25) is 4.79 Å². The normalized spacial score (nSPS) is 10.2. The molecule has 0 saturated heterocycles. The molecule has 5 nitrogen and oxygen atoms in total. The number of nitrogen functional groups attached to an aromatic ring is 1. The molecule has 1 aromatic rings. The average Bonchev–Trinajstić information content (AvgIpc) is 2.46. The van der Waals surface area contributed by atoms with E-state index in [4.69, 9.17) is 5.84 Å². The van der Waals surface area contributed by atoms with Gasteiger partial charge in [-0.15, -0.1) is 0 Å². The largest absolute Gasteiger partial charge is 0.352 e. The zero-order valence-electron chi connectivity index (χ0n) is 11.3. The first-order valence-electron chi connectivity index (χ1n) is 6.47. The quantitative estimate of drug-likeness (QED) is 0.367. The molecule has 0 saturated carbocycles. The third-order valence-electron chi connectivity index (χ3n) is 2.73. The third kappa shape index (κ3) is 6.45. The first-order chi connectivity index (χ1) is 9.27. The first kappa shape index (κ1) is 15.8. The number of pyridine rings is 1. The average molecular weight is 282 g/mol. The van der Waals surface area contributed by atoms with Crippen LogP contribution in [0.2, 0.25) is 0 Å². The Morgan fingerprint density at radius 1 is 1.37 bits per heavy atom. The van der Waals surface area contributed by atoms with Crippen LogP contribution in [-0.4, -0.2) is 29.4 Å². The number of nitrogens with one attached hydrogen (secondary N) is 2. The number of nitrogens with two attached hydrogens (primary N) is 1. The Bertz CT molecular complexity index is 387. The highest BCUT2D eigenvalue weighted by molar-refractivity contribution is 7.98. The fraction of sp³-hybridized carbons (Fsp3) is 0.538. The third-order valence-corrected chi connectivity index (χ3v) is 3.43. The monoisotopic (exact) mass is 282 g/mol. The number of hydrogen-bond donors (Lipinski definition) is 3. The van der Waals surface area contributed by atoms with Crippen molar-refractivity contribution in [1.82, 2.24) is 10.3 Å². The van der Waals surface area contributed by atoms with Crippen LogP contribution in [0.25, 0.3) is 0 Å². The SMILES string of the molecule is CSCCCCCCNC(=O)c1ccnc(NN)c1. The molecule has 0 bridgehead atoms. The second kappa shape index (κ2) is 9.63. The maximum Gasteiger partial charge on any atom is 0.251 e. The molecule has 0 aliphatic rings. The van der Waals surface area contributed by atoms with Gasteiger partial charge in [0.15, 0.2) is 0 Å². The predicted octanol–water partition coefficient (Wildman–Crippen LogP) is 2.02. The van der Waals surface area contributed by atoms with Crippen molar-refractivity contribution in [3.05, 3.63) is 23.9 Å². The van der Waals surface area contributed by atoms with Crippen LogP contribution < -0.4 is 16.6 Å². The fourth-order valence-corrected chi connectivity index (χ4v) is 2.17. The minimum atomic E-state index is -0.0805. The molecule has 0 spiro atoms. The lowest BCUT2D eigenvalue weighted by Gasteiger charge is -2.06. The van der Waals surface area contributed by atoms with Crippen LogP contribution in [0, 0.1) is 0 Å². The van der Waals surface area contributed by atoms with E-state index < -0.39 is 0 Å². The summed E-state index contributed by atoms with van der Waals surface area (Å²) in [7, 11) is 0. The standard InChI is InChI=1S/C13H22N4OS/c1-19-9-5-3-2-4-7-16-13(18)11-6-8-15-12(10-11)17-14/h6,8,10H,2-5,7,9,14H2,1H3,(H,15,17)(H,16,18). The van der Waals surface area contributed by atoms with E-state index in [9.17, 15) is 4.79 Å². The summed E-state index contributed by atoms with van der Waals surface area (Å²) in [5, 5.41) is 2.90. The smallest absolute Gasteiger partial charge is 0.251 e. The van der Waals surface area contributed by atoms with Crippen molar-refractivity contribution in [2.24, 2.45) is 5.84 Å². The molecule has 0 unspecified atom stereocenters. The summed E-state index contributed by atoms with van der Waals surface area (Å²) in [6.45, 7) is 0.714. The van der Waals surface area contributed by atoms with Crippen LogP contribution in [-0.2, 0) is 0 Å². The number of carbonyl (C=O) groups is 1. The van der Waals surface area contributed by atoms with Crippen molar-refractivity contribution >= 4 is 23.5 Å². The molecule has 1 amide bonds. The van der Waals surface area contributed by atoms with Gasteiger partial charge in [0.1, 0.15) is 5.82 Å². The maximum absolute atomic E-state index is 11.8. The molecule has 0 aliphatic heterocycles. The zero-order chi connectivity index (χ0) is 13.9. The van der Waals surface area contributed by atoms with Crippen molar-refractivity contribution in [1.29, 1.82) is 0 Å². The lowest BCUT2D eigenvalue weighted by Crippen LogP contribution is -2.24. The minimum absolute atomic E-state index is 0.0805. The van der Waals surface area contributed by atoms with Gasteiger partial charge >= 0.3 is 0 Å². The molecule has 1 heterocycles. The van der Waals surface area contributed by atoms with Crippen molar-refractivity contribution in [2.45, 2.75) is 25.7 Å². The van der Waals surface area contributed by atoms with E-state index in [1.54, 1.807) is 18.3 Å². The van der Waals surface area contributed by atoms with Crippen molar-refractivity contribution < 1.29 is 4.79 Å². The van der Waals surface area contributed by atoms with Gasteiger partial charge in [0, 0.05) is 18.3 Å².